The molecule has 13 heteroatoms. The van der Waals surface area contributed by atoms with E-state index >= 15 is 0 Å². The van der Waals surface area contributed by atoms with E-state index in [-0.39, 0.29) is 45.8 Å². The molecule has 0 bridgehead atoms. The van der Waals surface area contributed by atoms with Crippen LogP contribution in [0.1, 0.15) is 62.1 Å². The van der Waals surface area contributed by atoms with Gasteiger partial charge in [0.15, 0.2) is 0 Å². The zero-order valence-electron chi connectivity index (χ0n) is 15.0. The summed E-state index contributed by atoms with van der Waals surface area (Å²) < 4.78 is 0. The number of halogens is 1. The fraction of sp³-hybridized carbons (Fsp3) is 0. The van der Waals surface area contributed by atoms with Crippen molar-refractivity contribution in [3.8, 4) is 0 Å². The van der Waals surface area contributed by atoms with Crippen LogP contribution in [0.2, 0.25) is 0 Å². The van der Waals surface area contributed by atoms with Crippen LogP contribution < -0.4 is 0 Å². The zero-order chi connectivity index (χ0) is 23.2. The molecule has 0 saturated carbocycles. The highest BCUT2D eigenvalue weighted by molar-refractivity contribution is 5.99. The van der Waals surface area contributed by atoms with Crippen molar-refractivity contribution in [2.45, 2.75) is 0 Å². The fourth-order valence-electron chi connectivity index (χ4n) is 2.00. The molecule has 0 radical (unpaired) electrons. The van der Waals surface area contributed by atoms with Crippen molar-refractivity contribution in [1.29, 1.82) is 0 Å². The molecule has 12 nitrogen and oxygen atoms in total. The molecule has 0 amide bonds. The van der Waals surface area contributed by atoms with E-state index in [1.807, 2.05) is 0 Å². The highest BCUT2D eigenvalue weighted by atomic mass is 35.5. The monoisotopic (exact) mass is 456 g/mol. The van der Waals surface area contributed by atoms with Gasteiger partial charge in [0.25, 0.3) is 0 Å². The Kier molecular flexibility index (Phi) is 9.35. The van der Waals surface area contributed by atoms with Crippen LogP contribution >= 0.6 is 12.4 Å². The van der Waals surface area contributed by atoms with Crippen molar-refractivity contribution in [2.24, 2.45) is 0 Å². The second-order valence-corrected chi connectivity index (χ2v) is 5.43. The summed E-state index contributed by atoms with van der Waals surface area (Å²) in [5.41, 5.74) is -2.21. The Hall–Kier alpha value is -4.45. The lowest BCUT2D eigenvalue weighted by molar-refractivity contribution is 0.0666. The maximum atomic E-state index is 10.6. The third kappa shape index (κ3) is 7.47. The Morgan fingerprint density at radius 2 is 0.452 bits per heavy atom. The van der Waals surface area contributed by atoms with Gasteiger partial charge in [-0.3, -0.25) is 0 Å². The molecule has 0 spiro atoms. The molecule has 0 heterocycles. The smallest absolute Gasteiger partial charge is 0.335 e. The molecule has 31 heavy (non-hydrogen) atoms. The minimum Gasteiger partial charge on any atom is -0.478 e. The third-order valence-electron chi connectivity index (χ3n) is 3.35. The number of carboxylic acid groups (broad SMARTS) is 6. The number of carboxylic acids is 6. The number of carbonyl (C=O) groups is 6. The van der Waals surface area contributed by atoms with Crippen LogP contribution in [0.4, 0.5) is 0 Å². The summed E-state index contributed by atoms with van der Waals surface area (Å²) in [6.45, 7) is 0. The summed E-state index contributed by atoms with van der Waals surface area (Å²) in [6, 6.07) is 5.40. The zero-order valence-corrected chi connectivity index (χ0v) is 15.8. The van der Waals surface area contributed by atoms with E-state index < -0.39 is 35.8 Å². The normalized spacial score (nSPS) is 9.29. The quantitative estimate of drug-likeness (QED) is 0.367. The van der Waals surface area contributed by atoms with Crippen molar-refractivity contribution < 1.29 is 59.4 Å². The van der Waals surface area contributed by atoms with E-state index in [0.29, 0.717) is 0 Å². The van der Waals surface area contributed by atoms with E-state index in [1.165, 1.54) is 0 Å². The number of hydrogen-bond donors (Lipinski definition) is 6. The minimum atomic E-state index is -1.37. The first-order chi connectivity index (χ1) is 13.8. The van der Waals surface area contributed by atoms with Gasteiger partial charge in [0.1, 0.15) is 0 Å². The Labute approximate surface area is 178 Å². The standard InChI is InChI=1S/2C9H6O6.ClH/c2*10-7(11)4-1-5(8(12)13)3-6(2-4)9(14)15;/h2*1-3H,(H,10,11)(H,12,13)(H,14,15);1H. The number of aromatic carboxylic acids is 6. The maximum Gasteiger partial charge on any atom is 0.335 e. The summed E-state index contributed by atoms with van der Waals surface area (Å²) >= 11 is 0. The molecule has 0 aliphatic carbocycles. The van der Waals surface area contributed by atoms with Crippen molar-refractivity contribution in [3.05, 3.63) is 69.8 Å². The van der Waals surface area contributed by atoms with Crippen LogP contribution in [0.3, 0.4) is 0 Å². The van der Waals surface area contributed by atoms with Crippen molar-refractivity contribution in [2.75, 3.05) is 0 Å². The summed E-state index contributed by atoms with van der Waals surface area (Å²) in [5, 5.41) is 51.7. The molecule has 0 saturated heterocycles. The molecule has 0 atom stereocenters. The maximum absolute atomic E-state index is 10.6. The van der Waals surface area contributed by atoms with Crippen LogP contribution in [-0.4, -0.2) is 66.5 Å². The van der Waals surface area contributed by atoms with Gasteiger partial charge in [-0.25, -0.2) is 28.8 Å². The SMILES string of the molecule is Cl.O=C(O)c1cc(C(=O)O)cc(C(=O)O)c1.O=C(O)c1cc(C(=O)O)cc(C(=O)O)c1. The lowest BCUT2D eigenvalue weighted by Crippen LogP contribution is -2.07. The van der Waals surface area contributed by atoms with Gasteiger partial charge >= 0.3 is 35.8 Å². The van der Waals surface area contributed by atoms with Gasteiger partial charge in [0.05, 0.1) is 33.4 Å². The molecule has 0 fully saturated rings. The first-order valence-corrected chi connectivity index (χ1v) is 7.53. The fourth-order valence-corrected chi connectivity index (χ4v) is 2.00. The molecular formula is C18H13ClO12. The van der Waals surface area contributed by atoms with Crippen LogP contribution in [0, 0.1) is 0 Å². The minimum absolute atomic E-state index is 0. The van der Waals surface area contributed by atoms with Gasteiger partial charge in [-0.2, -0.15) is 0 Å². The van der Waals surface area contributed by atoms with Crippen molar-refractivity contribution >= 4 is 48.2 Å². The number of benzene rings is 2. The van der Waals surface area contributed by atoms with Gasteiger partial charge in [0, 0.05) is 0 Å². The summed E-state index contributed by atoms with van der Waals surface area (Å²) in [7, 11) is 0. The molecule has 0 aromatic heterocycles. The van der Waals surface area contributed by atoms with Crippen LogP contribution in [0.15, 0.2) is 36.4 Å². The number of hydrogen-bond acceptors (Lipinski definition) is 6. The Morgan fingerprint density at radius 1 is 0.355 bits per heavy atom. The molecule has 6 N–H and O–H groups in total. The average Bonchev–Trinajstić information content (AvgIpc) is 2.67. The molecule has 2 rings (SSSR count). The third-order valence-corrected chi connectivity index (χ3v) is 3.35. The Bertz CT molecular complexity index is 830. The van der Waals surface area contributed by atoms with Gasteiger partial charge < -0.3 is 30.6 Å². The largest absolute Gasteiger partial charge is 0.478 e. The van der Waals surface area contributed by atoms with Gasteiger partial charge in [-0.1, -0.05) is 0 Å². The van der Waals surface area contributed by atoms with Crippen LogP contribution in [0.5, 0.6) is 0 Å². The summed E-state index contributed by atoms with van der Waals surface area (Å²) in [4.78, 5) is 63.4. The van der Waals surface area contributed by atoms with E-state index in [2.05, 4.69) is 0 Å². The average molecular weight is 457 g/mol. The summed E-state index contributed by atoms with van der Waals surface area (Å²) in [5.74, 6) is -8.25. The molecule has 2 aromatic carbocycles. The lowest BCUT2D eigenvalue weighted by atomic mass is 10.1. The molecule has 2 aromatic rings. The van der Waals surface area contributed by atoms with E-state index in [1.54, 1.807) is 0 Å². The van der Waals surface area contributed by atoms with Crippen molar-refractivity contribution in [3.63, 3.8) is 0 Å². The highest BCUT2D eigenvalue weighted by Gasteiger charge is 2.15. The van der Waals surface area contributed by atoms with Crippen LogP contribution in [-0.2, 0) is 0 Å². The second-order valence-electron chi connectivity index (χ2n) is 5.43. The van der Waals surface area contributed by atoms with Crippen molar-refractivity contribution in [1.82, 2.24) is 0 Å². The van der Waals surface area contributed by atoms with Gasteiger partial charge in [-0.05, 0) is 36.4 Å². The van der Waals surface area contributed by atoms with E-state index in [0.717, 1.165) is 36.4 Å². The molecule has 0 aliphatic rings. The highest BCUT2D eigenvalue weighted by Crippen LogP contribution is 2.12. The van der Waals surface area contributed by atoms with E-state index in [9.17, 15) is 28.8 Å². The topological polar surface area (TPSA) is 224 Å². The second kappa shape index (κ2) is 10.9. The summed E-state index contributed by atoms with van der Waals surface area (Å²) in [6.07, 6.45) is 0. The predicted molar refractivity (Wildman–Crippen MR) is 102 cm³/mol. The number of rotatable bonds is 6. The van der Waals surface area contributed by atoms with Crippen LogP contribution in [0.25, 0.3) is 0 Å². The Balaban J connectivity index is 0.000000562. The molecule has 0 aliphatic heterocycles. The van der Waals surface area contributed by atoms with E-state index in [4.69, 9.17) is 30.6 Å². The lowest BCUT2D eigenvalue weighted by Gasteiger charge is -2.00. The predicted octanol–water partition coefficient (Wildman–Crippen LogP) is 1.98. The molecule has 0 unspecified atom stereocenters. The van der Waals surface area contributed by atoms with Gasteiger partial charge in [-0.15, -0.1) is 12.4 Å². The van der Waals surface area contributed by atoms with Gasteiger partial charge in [0.2, 0.25) is 0 Å². The Morgan fingerprint density at radius 3 is 0.516 bits per heavy atom. The molecule has 164 valence electrons. The first kappa shape index (κ1) is 26.6. The molecular weight excluding hydrogens is 444 g/mol. The first-order valence-electron chi connectivity index (χ1n) is 7.53.